The molecule has 0 bridgehead atoms. The summed E-state index contributed by atoms with van der Waals surface area (Å²) in [6, 6.07) is 0.00358. The minimum Gasteiger partial charge on any atom is -0.338 e. The van der Waals surface area contributed by atoms with Gasteiger partial charge in [0.1, 0.15) is 0 Å². The Balaban J connectivity index is 1.80. The highest BCUT2D eigenvalue weighted by Crippen LogP contribution is 1.99. The summed E-state index contributed by atoms with van der Waals surface area (Å²) in [4.78, 5) is 13.3. The third kappa shape index (κ3) is 10.6. The van der Waals surface area contributed by atoms with Crippen LogP contribution in [-0.4, -0.2) is 38.8 Å². The number of rotatable bonds is 11. The number of carbonyl (C=O) groups is 1. The second-order valence-corrected chi connectivity index (χ2v) is 6.36. The van der Waals surface area contributed by atoms with E-state index in [4.69, 9.17) is 0 Å². The van der Waals surface area contributed by atoms with Crippen molar-refractivity contribution in [1.82, 2.24) is 10.6 Å². The Morgan fingerprint density at radius 1 is 0.857 bits per heavy atom. The molecule has 1 saturated heterocycles. The first-order chi connectivity index (χ1) is 10.3. The smallest absolute Gasteiger partial charge is 0.314 e. The maximum absolute atomic E-state index is 11.5. The van der Waals surface area contributed by atoms with Gasteiger partial charge < -0.3 is 15.5 Å². The van der Waals surface area contributed by atoms with E-state index >= 15 is 0 Å². The topological polar surface area (TPSA) is 45.6 Å². The Kier molecular flexibility index (Phi) is 11.3. The van der Waals surface area contributed by atoms with Crippen LogP contribution in [0.2, 0.25) is 0 Å². The molecular weight excluding hydrogens is 262 g/mol. The van der Waals surface area contributed by atoms with Crippen molar-refractivity contribution in [2.24, 2.45) is 0 Å². The van der Waals surface area contributed by atoms with Crippen molar-refractivity contribution in [2.45, 2.75) is 71.1 Å². The summed E-state index contributed by atoms with van der Waals surface area (Å²) >= 11 is 0. The summed E-state index contributed by atoms with van der Waals surface area (Å²) in [5.41, 5.74) is 0. The van der Waals surface area contributed by atoms with Crippen LogP contribution in [0, 0.1) is 0 Å². The van der Waals surface area contributed by atoms with Crippen LogP contribution >= 0.6 is 0 Å². The number of hydrogen-bond acceptors (Lipinski definition) is 1. The van der Waals surface area contributed by atoms with Crippen LogP contribution in [0.3, 0.4) is 0 Å². The number of nitrogens with one attached hydrogen (secondary N) is 3. The van der Waals surface area contributed by atoms with Crippen LogP contribution in [0.5, 0.6) is 0 Å². The van der Waals surface area contributed by atoms with Crippen molar-refractivity contribution in [3.05, 3.63) is 0 Å². The highest BCUT2D eigenvalue weighted by molar-refractivity contribution is 5.73. The molecule has 124 valence electrons. The molecule has 1 fully saturated rings. The van der Waals surface area contributed by atoms with E-state index < -0.39 is 0 Å². The zero-order chi connectivity index (χ0) is 15.2. The second-order valence-electron chi connectivity index (χ2n) is 6.36. The van der Waals surface area contributed by atoms with E-state index in [1.54, 1.807) is 0 Å². The molecule has 0 unspecified atom stereocenters. The van der Waals surface area contributed by atoms with Gasteiger partial charge in [-0.3, -0.25) is 0 Å². The minimum atomic E-state index is 0.00358. The fourth-order valence-electron chi connectivity index (χ4n) is 3.00. The molecule has 1 aliphatic rings. The van der Waals surface area contributed by atoms with Gasteiger partial charge in [-0.05, 0) is 44.9 Å². The van der Waals surface area contributed by atoms with E-state index in [0.29, 0.717) is 0 Å². The van der Waals surface area contributed by atoms with Gasteiger partial charge in [0, 0.05) is 13.1 Å². The Hall–Kier alpha value is -0.770. The molecule has 0 atom stereocenters. The van der Waals surface area contributed by atoms with Gasteiger partial charge in [-0.2, -0.15) is 0 Å². The third-order valence-electron chi connectivity index (χ3n) is 4.37. The van der Waals surface area contributed by atoms with Gasteiger partial charge in [0.25, 0.3) is 0 Å². The van der Waals surface area contributed by atoms with Crippen molar-refractivity contribution in [2.75, 3.05) is 32.7 Å². The first-order valence-corrected chi connectivity index (χ1v) is 9.18. The van der Waals surface area contributed by atoms with Crippen molar-refractivity contribution in [3.63, 3.8) is 0 Å². The van der Waals surface area contributed by atoms with Crippen LogP contribution in [0.15, 0.2) is 0 Å². The predicted molar refractivity (Wildman–Crippen MR) is 88.8 cm³/mol. The van der Waals surface area contributed by atoms with E-state index in [1.165, 1.54) is 71.0 Å². The van der Waals surface area contributed by atoms with E-state index in [1.807, 2.05) is 4.90 Å². The standard InChI is InChI=1S/C17H35N3O/c1-2-3-7-12-18-17(21)19-13-8-4-5-9-14-20-15-10-6-11-16-20/h2-16H2,1H3,(H2,18,19,21)/p+1. The quantitative estimate of drug-likeness (QED) is 0.503. The number of amides is 2. The van der Waals surface area contributed by atoms with Gasteiger partial charge in [-0.1, -0.05) is 26.2 Å². The highest BCUT2D eigenvalue weighted by Gasteiger charge is 2.12. The SMILES string of the molecule is CCCCCNC(=O)NCCCCCC[NH+]1CCCCC1. The molecule has 0 radical (unpaired) electrons. The summed E-state index contributed by atoms with van der Waals surface area (Å²) in [7, 11) is 0. The van der Waals surface area contributed by atoms with Gasteiger partial charge in [0.2, 0.25) is 0 Å². The number of urea groups is 1. The summed E-state index contributed by atoms with van der Waals surface area (Å²) in [6.07, 6.45) is 12.8. The molecular formula is C17H36N3O+. The molecule has 1 rings (SSSR count). The summed E-state index contributed by atoms with van der Waals surface area (Å²) in [5.74, 6) is 0. The zero-order valence-corrected chi connectivity index (χ0v) is 14.0. The Morgan fingerprint density at radius 3 is 2.14 bits per heavy atom. The second kappa shape index (κ2) is 12.9. The molecule has 4 heteroatoms. The molecule has 0 saturated carbocycles. The van der Waals surface area contributed by atoms with Crippen molar-refractivity contribution >= 4 is 6.03 Å². The van der Waals surface area contributed by atoms with Crippen molar-refractivity contribution in [1.29, 1.82) is 0 Å². The number of unbranched alkanes of at least 4 members (excludes halogenated alkanes) is 5. The van der Waals surface area contributed by atoms with E-state index in [2.05, 4.69) is 17.6 Å². The first-order valence-electron chi connectivity index (χ1n) is 9.18. The summed E-state index contributed by atoms with van der Waals surface area (Å²) < 4.78 is 0. The van der Waals surface area contributed by atoms with Crippen molar-refractivity contribution < 1.29 is 9.69 Å². The lowest BCUT2D eigenvalue weighted by Crippen LogP contribution is -3.12. The fourth-order valence-corrected chi connectivity index (χ4v) is 3.00. The summed E-state index contributed by atoms with van der Waals surface area (Å²) in [6.45, 7) is 7.92. The van der Waals surface area contributed by atoms with Crippen LogP contribution in [0.1, 0.15) is 71.1 Å². The Labute approximate surface area is 131 Å². The largest absolute Gasteiger partial charge is 0.338 e. The molecule has 4 nitrogen and oxygen atoms in total. The van der Waals surface area contributed by atoms with E-state index in [9.17, 15) is 4.79 Å². The van der Waals surface area contributed by atoms with E-state index in [-0.39, 0.29) is 6.03 Å². The average molecular weight is 298 g/mol. The molecule has 0 aromatic heterocycles. The van der Waals surface area contributed by atoms with Crippen LogP contribution in [0.4, 0.5) is 4.79 Å². The first kappa shape index (κ1) is 18.3. The van der Waals surface area contributed by atoms with Gasteiger partial charge in [-0.25, -0.2) is 4.79 Å². The number of hydrogen-bond donors (Lipinski definition) is 3. The molecule has 1 heterocycles. The lowest BCUT2D eigenvalue weighted by molar-refractivity contribution is -0.905. The van der Waals surface area contributed by atoms with E-state index in [0.717, 1.165) is 25.9 Å². The average Bonchev–Trinajstić information content (AvgIpc) is 2.51. The van der Waals surface area contributed by atoms with Gasteiger partial charge in [-0.15, -0.1) is 0 Å². The maximum Gasteiger partial charge on any atom is 0.314 e. The molecule has 1 aliphatic heterocycles. The molecule has 0 aromatic rings. The number of quaternary nitrogens is 1. The van der Waals surface area contributed by atoms with Crippen LogP contribution in [0.25, 0.3) is 0 Å². The number of carbonyl (C=O) groups excluding carboxylic acids is 1. The maximum atomic E-state index is 11.5. The summed E-state index contributed by atoms with van der Waals surface area (Å²) in [5, 5.41) is 5.85. The number of piperidine rings is 1. The van der Waals surface area contributed by atoms with Gasteiger partial charge in [0.05, 0.1) is 19.6 Å². The third-order valence-corrected chi connectivity index (χ3v) is 4.37. The predicted octanol–water partition coefficient (Wildman–Crippen LogP) is 2.11. The molecule has 3 N–H and O–H groups in total. The molecule has 0 spiro atoms. The molecule has 2 amide bonds. The monoisotopic (exact) mass is 298 g/mol. The number of likely N-dealkylation sites (tertiary alicyclic amines) is 1. The lowest BCUT2D eigenvalue weighted by Gasteiger charge is -2.23. The fraction of sp³-hybridized carbons (Fsp3) is 0.941. The van der Waals surface area contributed by atoms with Crippen LogP contribution < -0.4 is 15.5 Å². The van der Waals surface area contributed by atoms with Gasteiger partial charge in [0.15, 0.2) is 0 Å². The van der Waals surface area contributed by atoms with Gasteiger partial charge >= 0.3 is 6.03 Å². The molecule has 21 heavy (non-hydrogen) atoms. The zero-order valence-electron chi connectivity index (χ0n) is 14.0. The normalized spacial score (nSPS) is 15.9. The highest BCUT2D eigenvalue weighted by atomic mass is 16.2. The van der Waals surface area contributed by atoms with Crippen molar-refractivity contribution in [3.8, 4) is 0 Å². The molecule has 0 aromatic carbocycles. The van der Waals surface area contributed by atoms with Crippen LogP contribution in [-0.2, 0) is 0 Å². The lowest BCUT2D eigenvalue weighted by atomic mass is 10.1. The Bertz CT molecular complexity index is 252. The minimum absolute atomic E-state index is 0.00358. The Morgan fingerprint density at radius 2 is 1.48 bits per heavy atom. The molecule has 0 aliphatic carbocycles.